The second-order valence-corrected chi connectivity index (χ2v) is 7.62. The molecule has 1 aliphatic rings. The van der Waals surface area contributed by atoms with E-state index < -0.39 is 17.4 Å². The molecule has 1 aromatic rings. The molecule has 0 amide bonds. The monoisotopic (exact) mass is 382 g/mol. The predicted molar refractivity (Wildman–Crippen MR) is 99.3 cm³/mol. The lowest BCUT2D eigenvalue weighted by Gasteiger charge is -2.34. The summed E-state index contributed by atoms with van der Waals surface area (Å²) in [6.45, 7) is 6.17. The minimum atomic E-state index is -1.30. The number of hydrogen-bond acceptors (Lipinski definition) is 8. The van der Waals surface area contributed by atoms with Crippen LogP contribution in [0.1, 0.15) is 41.6 Å². The maximum atomic E-state index is 12.7. The third-order valence-electron chi connectivity index (χ3n) is 4.68. The first-order chi connectivity index (χ1) is 12.3. The van der Waals surface area contributed by atoms with Crippen molar-refractivity contribution in [3.63, 3.8) is 0 Å². The Bertz CT molecular complexity index is 715. The van der Waals surface area contributed by atoms with Crippen LogP contribution >= 0.6 is 11.3 Å². The Morgan fingerprint density at radius 1 is 1.23 bits per heavy atom. The summed E-state index contributed by atoms with van der Waals surface area (Å²) in [6, 6.07) is 0. The van der Waals surface area contributed by atoms with E-state index in [1.165, 1.54) is 18.3 Å². The number of esters is 2. The molecule has 7 nitrogen and oxygen atoms in total. The Kier molecular flexibility index (Phi) is 6.41. The Hall–Kier alpha value is -1.93. The maximum absolute atomic E-state index is 12.7. The molecule has 2 rings (SSSR count). The van der Waals surface area contributed by atoms with Crippen molar-refractivity contribution < 1.29 is 23.9 Å². The summed E-state index contributed by atoms with van der Waals surface area (Å²) in [5.41, 5.74) is 5.92. The van der Waals surface area contributed by atoms with Gasteiger partial charge in [-0.15, -0.1) is 11.3 Å². The van der Waals surface area contributed by atoms with Gasteiger partial charge >= 0.3 is 11.9 Å². The number of carbonyl (C=O) groups excluding carboxylic acids is 3. The molecule has 0 bridgehead atoms. The Balaban J connectivity index is 2.56. The molecule has 0 aliphatic carbocycles. The quantitative estimate of drug-likeness (QED) is 0.611. The van der Waals surface area contributed by atoms with Crippen LogP contribution in [0.3, 0.4) is 0 Å². The third kappa shape index (κ3) is 3.76. The van der Waals surface area contributed by atoms with Crippen molar-refractivity contribution >= 4 is 34.1 Å². The molecule has 0 fully saturated rings. The van der Waals surface area contributed by atoms with Crippen LogP contribution in [-0.2, 0) is 31.9 Å². The van der Waals surface area contributed by atoms with E-state index in [1.807, 2.05) is 11.9 Å². The molecule has 1 aromatic heterocycles. The van der Waals surface area contributed by atoms with Crippen LogP contribution < -0.4 is 5.73 Å². The van der Waals surface area contributed by atoms with Crippen LogP contribution in [0.15, 0.2) is 0 Å². The molecule has 1 unspecified atom stereocenters. The van der Waals surface area contributed by atoms with Crippen LogP contribution in [0, 0.1) is 5.41 Å². The smallest absolute Gasteiger partial charge is 0.341 e. The zero-order valence-corrected chi connectivity index (χ0v) is 16.5. The normalized spacial score (nSPS) is 20.6. The molecule has 0 saturated heterocycles. The van der Waals surface area contributed by atoms with Crippen LogP contribution in [-0.4, -0.2) is 56.0 Å². The van der Waals surface area contributed by atoms with Gasteiger partial charge in [0, 0.05) is 24.4 Å². The number of fused-ring (bicyclic) bond motifs is 1. The molecule has 1 aliphatic heterocycles. The lowest BCUT2D eigenvalue weighted by atomic mass is 9.77. The van der Waals surface area contributed by atoms with Crippen molar-refractivity contribution in [1.29, 1.82) is 0 Å². The largest absolute Gasteiger partial charge is 0.465 e. The summed E-state index contributed by atoms with van der Waals surface area (Å²) < 4.78 is 10.4. The summed E-state index contributed by atoms with van der Waals surface area (Å²) in [7, 11) is 1.85. The summed E-state index contributed by atoms with van der Waals surface area (Å²) in [5, 5.41) is 0.360. The number of rotatable bonds is 5. The van der Waals surface area contributed by atoms with Gasteiger partial charge in [-0.2, -0.15) is 0 Å². The molecule has 8 heteroatoms. The lowest BCUT2D eigenvalue weighted by Crippen LogP contribution is -2.50. The lowest BCUT2D eigenvalue weighted by molar-refractivity contribution is -0.161. The summed E-state index contributed by atoms with van der Waals surface area (Å²) in [5.74, 6) is -1.24. The number of ketones is 1. The van der Waals surface area contributed by atoms with Crippen molar-refractivity contribution in [1.82, 2.24) is 4.90 Å². The number of likely N-dealkylation sites (N-methyl/N-ethyl adjacent to an activating group) is 1. The van der Waals surface area contributed by atoms with Gasteiger partial charge in [0.1, 0.15) is 16.2 Å². The first-order valence-electron chi connectivity index (χ1n) is 8.70. The average Bonchev–Trinajstić information content (AvgIpc) is 2.85. The SMILES string of the molecule is CCOC(=O)c1c(N)sc2c1CCN(C)CC(C(C)=O)(C(=O)OCC)C2. The highest BCUT2D eigenvalue weighted by molar-refractivity contribution is 7.16. The van der Waals surface area contributed by atoms with Crippen LogP contribution in [0.2, 0.25) is 0 Å². The van der Waals surface area contributed by atoms with Gasteiger partial charge in [0.2, 0.25) is 0 Å². The summed E-state index contributed by atoms with van der Waals surface area (Å²) >= 11 is 1.25. The fourth-order valence-electron chi connectivity index (χ4n) is 3.33. The highest BCUT2D eigenvalue weighted by Crippen LogP contribution is 2.39. The molecular weight excluding hydrogens is 356 g/mol. The van der Waals surface area contributed by atoms with Crippen LogP contribution in [0.5, 0.6) is 0 Å². The Labute approximate surface area is 157 Å². The molecule has 0 radical (unpaired) electrons. The molecule has 1 atom stereocenters. The second-order valence-electron chi connectivity index (χ2n) is 6.49. The number of thiophene rings is 1. The minimum Gasteiger partial charge on any atom is -0.465 e. The topological polar surface area (TPSA) is 98.9 Å². The van der Waals surface area contributed by atoms with E-state index in [2.05, 4.69) is 0 Å². The van der Waals surface area contributed by atoms with E-state index in [-0.39, 0.29) is 32.0 Å². The number of nitrogens with two attached hydrogens (primary N) is 1. The molecule has 0 spiro atoms. The molecule has 0 saturated carbocycles. The number of nitrogen functional groups attached to an aromatic ring is 1. The summed E-state index contributed by atoms with van der Waals surface area (Å²) in [4.78, 5) is 40.3. The molecule has 26 heavy (non-hydrogen) atoms. The van der Waals surface area contributed by atoms with E-state index in [1.54, 1.807) is 13.8 Å². The number of Topliss-reactive ketones (excluding diaryl/α,β-unsaturated/α-hetero) is 1. The van der Waals surface area contributed by atoms with E-state index in [9.17, 15) is 14.4 Å². The second kappa shape index (κ2) is 8.18. The van der Waals surface area contributed by atoms with Gasteiger partial charge in [0.05, 0.1) is 18.8 Å². The molecule has 2 heterocycles. The van der Waals surface area contributed by atoms with E-state index in [4.69, 9.17) is 15.2 Å². The highest BCUT2D eigenvalue weighted by Gasteiger charge is 2.47. The number of anilines is 1. The fraction of sp³-hybridized carbons (Fsp3) is 0.611. The van der Waals surface area contributed by atoms with Gasteiger partial charge in [-0.25, -0.2) is 4.79 Å². The van der Waals surface area contributed by atoms with Gasteiger partial charge < -0.3 is 20.1 Å². The standard InChI is InChI=1S/C18H26N2O5S/c1-5-24-16(22)14-12-7-8-20(4)10-18(11(3)21,17(23)25-6-2)9-13(12)26-15(14)19/h5-10,19H2,1-4H3. The first-order valence-corrected chi connectivity index (χ1v) is 9.52. The van der Waals surface area contributed by atoms with Gasteiger partial charge in [0.25, 0.3) is 0 Å². The van der Waals surface area contributed by atoms with E-state index in [0.717, 1.165) is 10.4 Å². The number of nitrogens with zero attached hydrogens (tertiary/aromatic N) is 1. The first kappa shape index (κ1) is 20.4. The molecular formula is C18H26N2O5S. The van der Waals surface area contributed by atoms with E-state index in [0.29, 0.717) is 23.5 Å². The fourth-order valence-corrected chi connectivity index (χ4v) is 4.55. The number of hydrogen-bond donors (Lipinski definition) is 1. The maximum Gasteiger partial charge on any atom is 0.341 e. The summed E-state index contributed by atoms with van der Waals surface area (Å²) in [6.07, 6.45) is 0.777. The third-order valence-corrected chi connectivity index (χ3v) is 5.74. The zero-order chi connectivity index (χ0) is 19.5. The van der Waals surface area contributed by atoms with Gasteiger partial charge in [-0.05, 0) is 39.8 Å². The Morgan fingerprint density at radius 3 is 2.46 bits per heavy atom. The zero-order valence-electron chi connectivity index (χ0n) is 15.7. The van der Waals surface area contributed by atoms with Crippen LogP contribution in [0.4, 0.5) is 5.00 Å². The van der Waals surface area contributed by atoms with Gasteiger partial charge in [-0.3, -0.25) is 9.59 Å². The van der Waals surface area contributed by atoms with Gasteiger partial charge in [0.15, 0.2) is 0 Å². The minimum absolute atomic E-state index is 0.176. The molecule has 144 valence electrons. The van der Waals surface area contributed by atoms with Crippen molar-refractivity contribution in [2.75, 3.05) is 39.1 Å². The van der Waals surface area contributed by atoms with Crippen molar-refractivity contribution in [2.45, 2.75) is 33.6 Å². The highest BCUT2D eigenvalue weighted by atomic mass is 32.1. The van der Waals surface area contributed by atoms with E-state index >= 15 is 0 Å². The number of carbonyl (C=O) groups is 3. The van der Waals surface area contributed by atoms with Crippen molar-refractivity contribution in [2.24, 2.45) is 5.41 Å². The van der Waals surface area contributed by atoms with Crippen molar-refractivity contribution in [3.8, 4) is 0 Å². The van der Waals surface area contributed by atoms with Crippen LogP contribution in [0.25, 0.3) is 0 Å². The molecule has 2 N–H and O–H groups in total. The average molecular weight is 382 g/mol. The Morgan fingerprint density at radius 2 is 1.88 bits per heavy atom. The number of ether oxygens (including phenoxy) is 2. The van der Waals surface area contributed by atoms with Gasteiger partial charge in [-0.1, -0.05) is 0 Å². The van der Waals surface area contributed by atoms with Crippen molar-refractivity contribution in [3.05, 3.63) is 16.0 Å². The molecule has 0 aromatic carbocycles. The predicted octanol–water partition coefficient (Wildman–Crippen LogP) is 1.68.